The molecular formula is C13H10BrNO3. The fourth-order valence-corrected chi connectivity index (χ4v) is 2.01. The molecule has 0 heterocycles. The lowest BCUT2D eigenvalue weighted by Gasteiger charge is -2.08. The minimum absolute atomic E-state index is 0.000520. The number of ether oxygens (including phenoxy) is 1. The van der Waals surface area contributed by atoms with E-state index >= 15 is 0 Å². The van der Waals surface area contributed by atoms with Gasteiger partial charge in [0.05, 0.1) is 4.92 Å². The molecular weight excluding hydrogens is 298 g/mol. The van der Waals surface area contributed by atoms with Gasteiger partial charge in [-0.15, -0.1) is 0 Å². The molecule has 0 bridgehead atoms. The molecule has 0 N–H and O–H groups in total. The van der Waals surface area contributed by atoms with Gasteiger partial charge in [-0.2, -0.15) is 0 Å². The Hall–Kier alpha value is -1.88. The van der Waals surface area contributed by atoms with E-state index in [-0.39, 0.29) is 5.69 Å². The summed E-state index contributed by atoms with van der Waals surface area (Å²) < 4.78 is 5.93. The first-order valence-electron chi connectivity index (χ1n) is 5.28. The van der Waals surface area contributed by atoms with Gasteiger partial charge in [0.25, 0.3) is 5.69 Å². The number of hydrogen-bond acceptors (Lipinski definition) is 3. The molecule has 0 fully saturated rings. The zero-order valence-electron chi connectivity index (χ0n) is 9.38. The Morgan fingerprint density at radius 1 is 1.11 bits per heavy atom. The fourth-order valence-electron chi connectivity index (χ4n) is 1.49. The Morgan fingerprint density at radius 3 is 2.50 bits per heavy atom. The van der Waals surface area contributed by atoms with Crippen molar-refractivity contribution in [2.24, 2.45) is 0 Å². The van der Waals surface area contributed by atoms with Crippen LogP contribution in [-0.2, 0) is 6.61 Å². The molecule has 0 aliphatic rings. The van der Waals surface area contributed by atoms with Gasteiger partial charge in [-0.05, 0) is 27.6 Å². The number of hydrogen-bond donors (Lipinski definition) is 0. The highest BCUT2D eigenvalue weighted by Crippen LogP contribution is 2.34. The number of benzene rings is 2. The van der Waals surface area contributed by atoms with Crippen LogP contribution in [0, 0.1) is 10.1 Å². The Balaban J connectivity index is 2.15. The lowest BCUT2D eigenvalue weighted by molar-refractivity contribution is -0.385. The van der Waals surface area contributed by atoms with Gasteiger partial charge in [0.15, 0.2) is 0 Å². The summed E-state index contributed by atoms with van der Waals surface area (Å²) in [5.74, 6) is 0.466. The van der Waals surface area contributed by atoms with E-state index < -0.39 is 4.92 Å². The lowest BCUT2D eigenvalue weighted by atomic mass is 10.2. The molecule has 2 rings (SSSR count). The second-order valence-corrected chi connectivity index (χ2v) is 4.41. The molecule has 0 radical (unpaired) electrons. The van der Waals surface area contributed by atoms with Crippen LogP contribution in [0.3, 0.4) is 0 Å². The van der Waals surface area contributed by atoms with E-state index in [1.165, 1.54) is 6.07 Å². The monoisotopic (exact) mass is 307 g/mol. The fraction of sp³-hybridized carbons (Fsp3) is 0.0769. The molecule has 0 amide bonds. The molecule has 0 atom stereocenters. The summed E-state index contributed by atoms with van der Waals surface area (Å²) in [6.45, 7) is 0.376. The van der Waals surface area contributed by atoms with Crippen LogP contribution >= 0.6 is 15.9 Å². The predicted octanol–water partition coefficient (Wildman–Crippen LogP) is 3.94. The van der Waals surface area contributed by atoms with E-state index in [4.69, 9.17) is 4.74 Å². The van der Waals surface area contributed by atoms with E-state index in [1.807, 2.05) is 30.3 Å². The highest BCUT2D eigenvalue weighted by atomic mass is 79.9. The van der Waals surface area contributed by atoms with Gasteiger partial charge in [0.1, 0.15) is 16.8 Å². The molecule has 2 aromatic carbocycles. The summed E-state index contributed by atoms with van der Waals surface area (Å²) in [7, 11) is 0. The van der Waals surface area contributed by atoms with E-state index in [9.17, 15) is 10.1 Å². The first kappa shape index (κ1) is 12.6. The number of nitro groups is 1. The molecule has 5 heteroatoms. The van der Waals surface area contributed by atoms with E-state index in [2.05, 4.69) is 15.9 Å². The molecule has 0 aliphatic heterocycles. The summed E-state index contributed by atoms with van der Waals surface area (Å²) in [6, 6.07) is 14.4. The molecule has 0 saturated carbocycles. The zero-order valence-corrected chi connectivity index (χ0v) is 11.0. The Morgan fingerprint density at radius 2 is 1.83 bits per heavy atom. The minimum atomic E-state index is -0.445. The normalized spacial score (nSPS) is 10.1. The average molecular weight is 308 g/mol. The number of rotatable bonds is 4. The van der Waals surface area contributed by atoms with Crippen LogP contribution in [0.2, 0.25) is 0 Å². The van der Waals surface area contributed by atoms with Gasteiger partial charge in [0, 0.05) is 6.07 Å². The van der Waals surface area contributed by atoms with Crippen molar-refractivity contribution in [3.05, 3.63) is 68.7 Å². The molecule has 0 spiro atoms. The third-order valence-corrected chi connectivity index (χ3v) is 3.17. The Bertz CT molecular complexity index is 557. The van der Waals surface area contributed by atoms with Crippen molar-refractivity contribution in [2.45, 2.75) is 6.61 Å². The van der Waals surface area contributed by atoms with Gasteiger partial charge in [0.2, 0.25) is 0 Å². The number of nitrogens with zero attached hydrogens (tertiary/aromatic N) is 1. The van der Waals surface area contributed by atoms with Crippen LogP contribution in [0.25, 0.3) is 0 Å². The topological polar surface area (TPSA) is 52.4 Å². The van der Waals surface area contributed by atoms with E-state index in [0.717, 1.165) is 5.56 Å². The maximum absolute atomic E-state index is 10.8. The highest BCUT2D eigenvalue weighted by molar-refractivity contribution is 9.10. The van der Waals surface area contributed by atoms with E-state index in [1.54, 1.807) is 12.1 Å². The molecule has 92 valence electrons. The summed E-state index contributed by atoms with van der Waals surface area (Å²) in [6.07, 6.45) is 0. The van der Waals surface area contributed by atoms with Crippen LogP contribution in [0.1, 0.15) is 5.56 Å². The van der Waals surface area contributed by atoms with Crippen molar-refractivity contribution in [1.29, 1.82) is 0 Å². The maximum atomic E-state index is 10.8. The first-order valence-corrected chi connectivity index (χ1v) is 6.07. The van der Waals surface area contributed by atoms with Crippen molar-refractivity contribution in [1.82, 2.24) is 0 Å². The minimum Gasteiger partial charge on any atom is -0.487 e. The highest BCUT2D eigenvalue weighted by Gasteiger charge is 2.15. The third-order valence-electron chi connectivity index (χ3n) is 2.38. The molecule has 0 aromatic heterocycles. The van der Waals surface area contributed by atoms with Gasteiger partial charge >= 0.3 is 0 Å². The SMILES string of the molecule is O=[N+]([O-])c1cccc(OCc2ccccc2)c1Br. The van der Waals surface area contributed by atoms with Gasteiger partial charge in [-0.25, -0.2) is 0 Å². The second-order valence-electron chi connectivity index (χ2n) is 3.62. The quantitative estimate of drug-likeness (QED) is 0.635. The molecule has 0 unspecified atom stereocenters. The standard InChI is InChI=1S/C13H10BrNO3/c14-13-11(15(16)17)7-4-8-12(13)18-9-10-5-2-1-3-6-10/h1-8H,9H2. The summed E-state index contributed by atoms with van der Waals surface area (Å²) in [5.41, 5.74) is 1.01. The van der Waals surface area contributed by atoms with Crippen molar-refractivity contribution in [3.8, 4) is 5.75 Å². The number of halogens is 1. The summed E-state index contributed by atoms with van der Waals surface area (Å²) in [5, 5.41) is 10.8. The molecule has 0 aliphatic carbocycles. The second kappa shape index (κ2) is 5.64. The smallest absolute Gasteiger partial charge is 0.287 e. The van der Waals surface area contributed by atoms with Crippen molar-refractivity contribution in [3.63, 3.8) is 0 Å². The molecule has 0 saturated heterocycles. The van der Waals surface area contributed by atoms with Crippen LogP contribution in [-0.4, -0.2) is 4.92 Å². The third kappa shape index (κ3) is 2.87. The molecule has 2 aromatic rings. The first-order chi connectivity index (χ1) is 8.68. The van der Waals surface area contributed by atoms with E-state index in [0.29, 0.717) is 16.8 Å². The van der Waals surface area contributed by atoms with Crippen LogP contribution in [0.5, 0.6) is 5.75 Å². The Kier molecular flexibility index (Phi) is 3.94. The summed E-state index contributed by atoms with van der Waals surface area (Å²) >= 11 is 3.19. The average Bonchev–Trinajstić information content (AvgIpc) is 2.38. The van der Waals surface area contributed by atoms with Gasteiger partial charge in [-0.1, -0.05) is 36.4 Å². The van der Waals surface area contributed by atoms with Crippen LogP contribution in [0.15, 0.2) is 53.0 Å². The lowest BCUT2D eigenvalue weighted by Crippen LogP contribution is -1.97. The summed E-state index contributed by atoms with van der Waals surface area (Å²) in [4.78, 5) is 10.3. The van der Waals surface area contributed by atoms with Gasteiger partial charge < -0.3 is 4.74 Å². The van der Waals surface area contributed by atoms with Gasteiger partial charge in [-0.3, -0.25) is 10.1 Å². The zero-order chi connectivity index (χ0) is 13.0. The maximum Gasteiger partial charge on any atom is 0.287 e. The van der Waals surface area contributed by atoms with Crippen LogP contribution in [0.4, 0.5) is 5.69 Å². The molecule has 4 nitrogen and oxygen atoms in total. The molecule has 18 heavy (non-hydrogen) atoms. The van der Waals surface area contributed by atoms with Crippen molar-refractivity contribution < 1.29 is 9.66 Å². The predicted molar refractivity (Wildman–Crippen MR) is 71.6 cm³/mol. The van der Waals surface area contributed by atoms with Crippen LogP contribution < -0.4 is 4.74 Å². The number of nitro benzene ring substituents is 1. The Labute approximate surface area is 112 Å². The van der Waals surface area contributed by atoms with Crippen molar-refractivity contribution in [2.75, 3.05) is 0 Å². The largest absolute Gasteiger partial charge is 0.487 e. The van der Waals surface area contributed by atoms with Crippen molar-refractivity contribution >= 4 is 21.6 Å².